The number of fused-ring (bicyclic) bond motifs is 2. The SMILES string of the molecule is CC(O)c1cc2c(-c3cc(Cl)cc4c3OC(C(=O)N3CCCCC3)C4)ccnc2[nH]1. The van der Waals surface area contributed by atoms with Crippen molar-refractivity contribution in [2.45, 2.75) is 44.8 Å². The molecule has 1 fully saturated rings. The van der Waals surface area contributed by atoms with Crippen LogP contribution in [0.15, 0.2) is 30.5 Å². The molecule has 0 spiro atoms. The molecule has 30 heavy (non-hydrogen) atoms. The Morgan fingerprint density at radius 1 is 1.27 bits per heavy atom. The van der Waals surface area contributed by atoms with Gasteiger partial charge in [0, 0.05) is 52.9 Å². The predicted molar refractivity (Wildman–Crippen MR) is 116 cm³/mol. The van der Waals surface area contributed by atoms with E-state index < -0.39 is 12.2 Å². The second-order valence-electron chi connectivity index (χ2n) is 8.16. The summed E-state index contributed by atoms with van der Waals surface area (Å²) in [5.74, 6) is 0.771. The molecule has 4 heterocycles. The fourth-order valence-electron chi connectivity index (χ4n) is 4.49. The molecule has 156 valence electrons. The second kappa shape index (κ2) is 7.60. The summed E-state index contributed by atoms with van der Waals surface area (Å²) in [6.07, 6.45) is 4.40. The number of ether oxygens (including phenoxy) is 1. The maximum Gasteiger partial charge on any atom is 0.263 e. The number of aliphatic hydroxyl groups is 1. The Kier molecular flexibility index (Phi) is 4.91. The van der Waals surface area contributed by atoms with Gasteiger partial charge in [-0.15, -0.1) is 0 Å². The number of hydrogen-bond acceptors (Lipinski definition) is 4. The number of aliphatic hydroxyl groups excluding tert-OH is 1. The number of piperidine rings is 1. The minimum Gasteiger partial charge on any atom is -0.479 e. The molecule has 6 nitrogen and oxygen atoms in total. The van der Waals surface area contributed by atoms with Gasteiger partial charge in [0.1, 0.15) is 11.4 Å². The van der Waals surface area contributed by atoms with E-state index in [1.54, 1.807) is 13.1 Å². The highest BCUT2D eigenvalue weighted by Gasteiger charge is 2.35. The molecule has 5 rings (SSSR count). The molecule has 3 aromatic rings. The number of halogens is 1. The zero-order valence-electron chi connectivity index (χ0n) is 16.8. The van der Waals surface area contributed by atoms with Crippen molar-refractivity contribution in [1.82, 2.24) is 14.9 Å². The molecule has 0 saturated carbocycles. The first-order valence-corrected chi connectivity index (χ1v) is 10.8. The summed E-state index contributed by atoms with van der Waals surface area (Å²) in [6.45, 7) is 3.32. The number of hydrogen-bond donors (Lipinski definition) is 2. The lowest BCUT2D eigenvalue weighted by atomic mass is 9.99. The summed E-state index contributed by atoms with van der Waals surface area (Å²) >= 11 is 6.45. The molecule has 7 heteroatoms. The van der Waals surface area contributed by atoms with Gasteiger partial charge < -0.3 is 19.7 Å². The number of carbonyl (C=O) groups is 1. The van der Waals surface area contributed by atoms with Gasteiger partial charge in [-0.05, 0) is 56.0 Å². The van der Waals surface area contributed by atoms with E-state index in [1.807, 2.05) is 29.2 Å². The van der Waals surface area contributed by atoms with E-state index in [4.69, 9.17) is 16.3 Å². The number of aromatic amines is 1. The number of amides is 1. The van der Waals surface area contributed by atoms with Crippen LogP contribution in [0.3, 0.4) is 0 Å². The Hall–Kier alpha value is -2.57. The molecule has 2 N–H and O–H groups in total. The Bertz CT molecular complexity index is 1120. The monoisotopic (exact) mass is 425 g/mol. The van der Waals surface area contributed by atoms with E-state index in [-0.39, 0.29) is 5.91 Å². The number of benzene rings is 1. The van der Waals surface area contributed by atoms with Gasteiger partial charge in [0.2, 0.25) is 0 Å². The van der Waals surface area contributed by atoms with Crippen LogP contribution in [0.2, 0.25) is 5.02 Å². The summed E-state index contributed by atoms with van der Waals surface area (Å²) in [5, 5.41) is 11.4. The van der Waals surface area contributed by atoms with E-state index in [9.17, 15) is 9.90 Å². The van der Waals surface area contributed by atoms with Gasteiger partial charge in [-0.1, -0.05) is 11.6 Å². The van der Waals surface area contributed by atoms with Crippen LogP contribution in [-0.2, 0) is 11.2 Å². The number of H-pyrrole nitrogens is 1. The average molecular weight is 426 g/mol. The van der Waals surface area contributed by atoms with Gasteiger partial charge in [-0.2, -0.15) is 0 Å². The maximum atomic E-state index is 13.0. The number of carbonyl (C=O) groups excluding carboxylic acids is 1. The molecule has 1 aromatic carbocycles. The smallest absolute Gasteiger partial charge is 0.263 e. The molecule has 2 aliphatic heterocycles. The topological polar surface area (TPSA) is 78.5 Å². The Balaban J connectivity index is 1.54. The zero-order valence-corrected chi connectivity index (χ0v) is 17.6. The van der Waals surface area contributed by atoms with Crippen LogP contribution in [-0.4, -0.2) is 45.1 Å². The molecular weight excluding hydrogens is 402 g/mol. The van der Waals surface area contributed by atoms with Crippen molar-refractivity contribution in [2.75, 3.05) is 13.1 Å². The largest absolute Gasteiger partial charge is 0.479 e. The van der Waals surface area contributed by atoms with E-state index >= 15 is 0 Å². The van der Waals surface area contributed by atoms with Crippen molar-refractivity contribution in [1.29, 1.82) is 0 Å². The van der Waals surface area contributed by atoms with E-state index in [1.165, 1.54) is 6.42 Å². The highest BCUT2D eigenvalue weighted by molar-refractivity contribution is 6.31. The lowest BCUT2D eigenvalue weighted by Gasteiger charge is -2.28. The maximum absolute atomic E-state index is 13.0. The predicted octanol–water partition coefficient (Wildman–Crippen LogP) is 4.25. The minimum atomic E-state index is -0.625. The zero-order chi connectivity index (χ0) is 20.8. The molecule has 1 amide bonds. The molecule has 2 unspecified atom stereocenters. The third-order valence-electron chi connectivity index (χ3n) is 6.03. The summed E-state index contributed by atoms with van der Waals surface area (Å²) in [4.78, 5) is 22.5. The van der Waals surface area contributed by atoms with Crippen molar-refractivity contribution < 1.29 is 14.6 Å². The van der Waals surface area contributed by atoms with Crippen LogP contribution in [0.1, 0.15) is 43.5 Å². The summed E-state index contributed by atoms with van der Waals surface area (Å²) < 4.78 is 6.24. The van der Waals surface area contributed by atoms with Crippen LogP contribution in [0.5, 0.6) is 5.75 Å². The van der Waals surface area contributed by atoms with E-state index in [0.29, 0.717) is 28.5 Å². The number of likely N-dealkylation sites (tertiary alicyclic amines) is 1. The van der Waals surface area contributed by atoms with Crippen LogP contribution in [0.25, 0.3) is 22.2 Å². The molecule has 0 aliphatic carbocycles. The number of pyridine rings is 1. The number of nitrogens with one attached hydrogen (secondary N) is 1. The van der Waals surface area contributed by atoms with Gasteiger partial charge in [-0.25, -0.2) is 4.98 Å². The van der Waals surface area contributed by atoms with Crippen molar-refractivity contribution in [3.8, 4) is 16.9 Å². The third-order valence-corrected chi connectivity index (χ3v) is 6.25. The molecule has 0 radical (unpaired) electrons. The summed E-state index contributed by atoms with van der Waals surface area (Å²) in [6, 6.07) is 7.58. The first-order valence-electron chi connectivity index (χ1n) is 10.4. The lowest BCUT2D eigenvalue weighted by Crippen LogP contribution is -2.43. The number of nitrogens with zero attached hydrogens (tertiary/aromatic N) is 2. The van der Waals surface area contributed by atoms with Crippen LogP contribution >= 0.6 is 11.6 Å². The fraction of sp³-hybridized carbons (Fsp3) is 0.391. The van der Waals surface area contributed by atoms with Crippen molar-refractivity contribution in [3.63, 3.8) is 0 Å². The van der Waals surface area contributed by atoms with Crippen molar-refractivity contribution in [2.24, 2.45) is 0 Å². The number of rotatable bonds is 3. The highest BCUT2D eigenvalue weighted by atomic mass is 35.5. The van der Waals surface area contributed by atoms with Crippen LogP contribution < -0.4 is 4.74 Å². The van der Waals surface area contributed by atoms with E-state index in [2.05, 4.69) is 9.97 Å². The minimum absolute atomic E-state index is 0.0610. The normalized spacial score (nSPS) is 19.6. The molecule has 2 aliphatic rings. The van der Waals surface area contributed by atoms with Gasteiger partial charge in [-0.3, -0.25) is 4.79 Å². The summed E-state index contributed by atoms with van der Waals surface area (Å²) in [5.41, 5.74) is 4.09. The second-order valence-corrected chi connectivity index (χ2v) is 8.60. The highest BCUT2D eigenvalue weighted by Crippen LogP contribution is 2.43. The quantitative estimate of drug-likeness (QED) is 0.657. The third kappa shape index (κ3) is 3.34. The molecular formula is C23H24ClN3O3. The standard InChI is InChI=1S/C23H24ClN3O3/c1-13(28)19-12-18-16(5-6-25-22(18)26-19)17-11-15(24)9-14-10-20(30-21(14)17)23(29)27-7-3-2-4-8-27/h5-6,9,11-13,20,28H,2-4,7-8,10H2,1H3,(H,25,26). The molecule has 2 atom stereocenters. The van der Waals surface area contributed by atoms with Crippen molar-refractivity contribution in [3.05, 3.63) is 46.7 Å². The fourth-order valence-corrected chi connectivity index (χ4v) is 4.73. The number of aromatic nitrogens is 2. The lowest BCUT2D eigenvalue weighted by molar-refractivity contribution is -0.138. The molecule has 1 saturated heterocycles. The first-order chi connectivity index (χ1) is 14.5. The first kappa shape index (κ1) is 19.4. The van der Waals surface area contributed by atoms with Crippen LogP contribution in [0.4, 0.5) is 0 Å². The van der Waals surface area contributed by atoms with Crippen molar-refractivity contribution >= 4 is 28.5 Å². The van der Waals surface area contributed by atoms with Gasteiger partial charge in [0.05, 0.1) is 6.10 Å². The molecule has 0 bridgehead atoms. The van der Waals surface area contributed by atoms with Gasteiger partial charge in [0.15, 0.2) is 6.10 Å². The summed E-state index contributed by atoms with van der Waals surface area (Å²) in [7, 11) is 0. The van der Waals surface area contributed by atoms with Gasteiger partial charge >= 0.3 is 0 Å². The Morgan fingerprint density at radius 2 is 2.07 bits per heavy atom. The van der Waals surface area contributed by atoms with E-state index in [0.717, 1.165) is 48.0 Å². The molecule has 2 aromatic heterocycles. The van der Waals surface area contributed by atoms with Crippen LogP contribution in [0, 0.1) is 0 Å². The Labute approximate surface area is 179 Å². The Morgan fingerprint density at radius 3 is 2.83 bits per heavy atom. The van der Waals surface area contributed by atoms with Gasteiger partial charge in [0.25, 0.3) is 5.91 Å². The average Bonchev–Trinajstić information content (AvgIpc) is 3.37.